The Morgan fingerprint density at radius 1 is 1.00 bits per heavy atom. The topological polar surface area (TPSA) is 75.7 Å². The average Bonchev–Trinajstić information content (AvgIpc) is 2.73. The third-order valence-corrected chi connectivity index (χ3v) is 7.40. The van der Waals surface area contributed by atoms with Gasteiger partial charge >= 0.3 is 0 Å². The number of carbonyl (C=O) groups is 1. The fraction of sp³-hybridized carbons (Fsp3) is 0.240. The minimum atomic E-state index is -3.69. The Morgan fingerprint density at radius 2 is 1.60 bits per heavy atom. The van der Waals surface area contributed by atoms with Crippen molar-refractivity contribution >= 4 is 55.1 Å². The molecule has 10 heteroatoms. The monoisotopic (exact) mass is 598 g/mol. The van der Waals surface area contributed by atoms with Gasteiger partial charge in [0.2, 0.25) is 10.0 Å². The van der Waals surface area contributed by atoms with Crippen LogP contribution in [0.15, 0.2) is 70.0 Å². The predicted molar refractivity (Wildman–Crippen MR) is 143 cm³/mol. The van der Waals surface area contributed by atoms with Crippen molar-refractivity contribution in [3.05, 3.63) is 86.3 Å². The van der Waals surface area contributed by atoms with Crippen molar-refractivity contribution in [3.63, 3.8) is 0 Å². The van der Waals surface area contributed by atoms with Crippen LogP contribution in [0.5, 0.6) is 11.5 Å². The van der Waals surface area contributed by atoms with E-state index in [4.69, 9.17) is 27.9 Å². The lowest BCUT2D eigenvalue weighted by molar-refractivity contribution is 0.0784. The second kappa shape index (κ2) is 10.9. The van der Waals surface area contributed by atoms with E-state index in [9.17, 15) is 13.2 Å². The molecule has 0 saturated carbocycles. The molecule has 1 N–H and O–H groups in total. The van der Waals surface area contributed by atoms with Gasteiger partial charge in [0.25, 0.3) is 5.91 Å². The number of nitrogens with one attached hydrogen (secondary N) is 1. The zero-order chi connectivity index (χ0) is 26.0. The number of sulfonamides is 1. The van der Waals surface area contributed by atoms with E-state index < -0.39 is 15.6 Å². The molecule has 0 aromatic heterocycles. The molecule has 0 atom stereocenters. The molecule has 3 aromatic rings. The molecule has 3 rings (SSSR count). The number of carbonyl (C=O) groups excluding carboxylic acids is 1. The van der Waals surface area contributed by atoms with Crippen LogP contribution < -0.4 is 9.46 Å². The maximum Gasteiger partial charge on any atom is 0.253 e. The summed E-state index contributed by atoms with van der Waals surface area (Å²) in [6.45, 7) is 5.54. The molecule has 3 aromatic carbocycles. The van der Waals surface area contributed by atoms with Crippen LogP contribution in [0.3, 0.4) is 0 Å². The van der Waals surface area contributed by atoms with Crippen LogP contribution in [0.4, 0.5) is 0 Å². The lowest BCUT2D eigenvalue weighted by Crippen LogP contribution is -2.40. The molecule has 186 valence electrons. The maximum atomic E-state index is 13.0. The summed E-state index contributed by atoms with van der Waals surface area (Å²) in [5.74, 6) is 0.737. The van der Waals surface area contributed by atoms with E-state index in [1.54, 1.807) is 52.1 Å². The van der Waals surface area contributed by atoms with Crippen LogP contribution >= 0.6 is 39.1 Å². The highest BCUT2D eigenvalue weighted by molar-refractivity contribution is 9.10. The molecule has 0 bridgehead atoms. The van der Waals surface area contributed by atoms with Gasteiger partial charge in [-0.2, -0.15) is 0 Å². The summed E-state index contributed by atoms with van der Waals surface area (Å²) in [7, 11) is -2.03. The molecule has 0 aliphatic heterocycles. The zero-order valence-electron chi connectivity index (χ0n) is 19.6. The van der Waals surface area contributed by atoms with Crippen LogP contribution in [-0.4, -0.2) is 31.8 Å². The third kappa shape index (κ3) is 7.69. The minimum Gasteiger partial charge on any atom is -0.457 e. The Bertz CT molecular complexity index is 1320. The van der Waals surface area contributed by atoms with E-state index in [0.717, 1.165) is 10.0 Å². The summed E-state index contributed by atoms with van der Waals surface area (Å²) in [5, 5.41) is 0.888. The van der Waals surface area contributed by atoms with Crippen molar-refractivity contribution in [2.24, 2.45) is 0 Å². The highest BCUT2D eigenvalue weighted by Gasteiger charge is 2.23. The van der Waals surface area contributed by atoms with Gasteiger partial charge in [-0.1, -0.05) is 45.2 Å². The number of rotatable bonds is 7. The third-order valence-electron chi connectivity index (χ3n) is 4.70. The molecule has 0 saturated heterocycles. The van der Waals surface area contributed by atoms with Gasteiger partial charge in [-0.15, -0.1) is 0 Å². The number of amides is 1. The van der Waals surface area contributed by atoms with Crippen molar-refractivity contribution in [1.82, 2.24) is 9.62 Å². The SMILES string of the molecule is CN(Cc1ccc(Br)cc1Oc1cc(Cl)cc(Cl)c1)C(=O)c1ccc(S(=O)(=O)NC(C)(C)C)cc1. The van der Waals surface area contributed by atoms with E-state index in [2.05, 4.69) is 20.7 Å². The molecular weight excluding hydrogens is 575 g/mol. The summed E-state index contributed by atoms with van der Waals surface area (Å²) in [4.78, 5) is 14.7. The van der Waals surface area contributed by atoms with Gasteiger partial charge in [-0.05, 0) is 75.4 Å². The lowest BCUT2D eigenvalue weighted by atomic mass is 10.1. The highest BCUT2D eigenvalue weighted by Crippen LogP contribution is 2.32. The maximum absolute atomic E-state index is 13.0. The second-order valence-electron chi connectivity index (χ2n) is 9.00. The predicted octanol–water partition coefficient (Wildman–Crippen LogP) is 6.90. The number of ether oxygens (including phenoxy) is 1. The van der Waals surface area contributed by atoms with Crippen molar-refractivity contribution < 1.29 is 17.9 Å². The van der Waals surface area contributed by atoms with E-state index in [-0.39, 0.29) is 17.3 Å². The highest BCUT2D eigenvalue weighted by atomic mass is 79.9. The fourth-order valence-electron chi connectivity index (χ4n) is 3.25. The van der Waals surface area contributed by atoms with Crippen LogP contribution in [0.25, 0.3) is 0 Å². The molecule has 0 radical (unpaired) electrons. The number of hydrogen-bond donors (Lipinski definition) is 1. The second-order valence-corrected chi connectivity index (χ2v) is 12.5. The Kier molecular flexibility index (Phi) is 8.55. The van der Waals surface area contributed by atoms with Crippen molar-refractivity contribution in [3.8, 4) is 11.5 Å². The van der Waals surface area contributed by atoms with Gasteiger partial charge in [0, 0.05) is 44.8 Å². The first-order valence-corrected chi connectivity index (χ1v) is 13.6. The Labute approximate surface area is 224 Å². The van der Waals surface area contributed by atoms with Crippen LogP contribution in [0.1, 0.15) is 36.7 Å². The fourth-order valence-corrected chi connectivity index (χ4v) is 5.52. The van der Waals surface area contributed by atoms with Gasteiger partial charge in [0.1, 0.15) is 11.5 Å². The van der Waals surface area contributed by atoms with Gasteiger partial charge in [-0.3, -0.25) is 4.79 Å². The molecule has 0 aliphatic carbocycles. The number of benzene rings is 3. The number of hydrogen-bond acceptors (Lipinski definition) is 4. The van der Waals surface area contributed by atoms with Crippen LogP contribution in [-0.2, 0) is 16.6 Å². The van der Waals surface area contributed by atoms with E-state index in [0.29, 0.717) is 27.1 Å². The summed E-state index contributed by atoms with van der Waals surface area (Å²) in [6.07, 6.45) is 0. The van der Waals surface area contributed by atoms with Gasteiger partial charge in [0.15, 0.2) is 0 Å². The van der Waals surface area contributed by atoms with Crippen molar-refractivity contribution in [2.75, 3.05) is 7.05 Å². The largest absolute Gasteiger partial charge is 0.457 e. The molecule has 0 fully saturated rings. The zero-order valence-corrected chi connectivity index (χ0v) is 23.5. The molecule has 35 heavy (non-hydrogen) atoms. The first-order chi connectivity index (χ1) is 16.2. The number of nitrogens with zero attached hydrogens (tertiary/aromatic N) is 1. The normalized spacial score (nSPS) is 11.9. The standard InChI is InChI=1S/C25H25BrCl2N2O4S/c1-25(2,3)29-35(32,33)22-9-6-16(7-10-22)24(31)30(4)15-17-5-8-18(26)11-23(17)34-21-13-19(27)12-20(28)14-21/h5-14,29H,15H2,1-4H3. The molecule has 0 heterocycles. The summed E-state index contributed by atoms with van der Waals surface area (Å²) >= 11 is 15.6. The molecule has 0 spiro atoms. The van der Waals surface area contributed by atoms with E-state index in [1.165, 1.54) is 29.2 Å². The summed E-state index contributed by atoms with van der Waals surface area (Å²) < 4.78 is 34.5. The minimum absolute atomic E-state index is 0.0930. The Balaban J connectivity index is 1.79. The van der Waals surface area contributed by atoms with Crippen molar-refractivity contribution in [2.45, 2.75) is 37.8 Å². The molecule has 6 nitrogen and oxygen atoms in total. The van der Waals surface area contributed by atoms with E-state index in [1.807, 2.05) is 12.1 Å². The molecule has 1 amide bonds. The Morgan fingerprint density at radius 3 is 2.17 bits per heavy atom. The quantitative estimate of drug-likeness (QED) is 0.320. The first kappa shape index (κ1) is 27.5. The lowest BCUT2D eigenvalue weighted by Gasteiger charge is -2.21. The Hall–Kier alpha value is -2.10. The van der Waals surface area contributed by atoms with Gasteiger partial charge in [0.05, 0.1) is 4.90 Å². The van der Waals surface area contributed by atoms with Crippen LogP contribution in [0, 0.1) is 0 Å². The summed E-state index contributed by atoms with van der Waals surface area (Å²) in [5.41, 5.74) is 0.506. The summed E-state index contributed by atoms with van der Waals surface area (Å²) in [6, 6.07) is 16.3. The number of halogens is 3. The van der Waals surface area contributed by atoms with Crippen LogP contribution in [0.2, 0.25) is 10.0 Å². The smallest absolute Gasteiger partial charge is 0.253 e. The van der Waals surface area contributed by atoms with E-state index >= 15 is 0 Å². The molecule has 0 aliphatic rings. The van der Waals surface area contributed by atoms with Gasteiger partial charge < -0.3 is 9.64 Å². The first-order valence-electron chi connectivity index (χ1n) is 10.6. The molecular formula is C25H25BrCl2N2O4S. The molecule has 0 unspecified atom stereocenters. The average molecular weight is 600 g/mol. The van der Waals surface area contributed by atoms with Crippen molar-refractivity contribution in [1.29, 1.82) is 0 Å². The van der Waals surface area contributed by atoms with Gasteiger partial charge in [-0.25, -0.2) is 13.1 Å².